The van der Waals surface area contributed by atoms with Crippen molar-refractivity contribution in [1.82, 2.24) is 10.3 Å². The number of H-pyrrole nitrogens is 1. The topological polar surface area (TPSA) is 44.9 Å². The number of carbonyl (C=O) groups excluding carboxylic acids is 1. The van der Waals surface area contributed by atoms with E-state index in [0.717, 1.165) is 17.5 Å². The van der Waals surface area contributed by atoms with E-state index in [-0.39, 0.29) is 5.91 Å². The second kappa shape index (κ2) is 6.97. The Hall–Kier alpha value is -2.81. The highest BCUT2D eigenvalue weighted by atomic mass is 16.1. The summed E-state index contributed by atoms with van der Waals surface area (Å²) in [6.07, 6.45) is 6.26. The quantitative estimate of drug-likeness (QED) is 0.691. The minimum atomic E-state index is -0.0636. The summed E-state index contributed by atoms with van der Waals surface area (Å²) in [6, 6.07) is 16.3. The van der Waals surface area contributed by atoms with E-state index in [2.05, 4.69) is 28.5 Å². The Morgan fingerprint density at radius 2 is 2.04 bits per heavy atom. The van der Waals surface area contributed by atoms with Gasteiger partial charge < -0.3 is 10.3 Å². The Labute approximate surface area is 136 Å². The fraction of sp³-hybridized carbons (Fsp3) is 0.150. The summed E-state index contributed by atoms with van der Waals surface area (Å²) in [5.74, 6) is -0.0636. The minimum absolute atomic E-state index is 0.0636. The van der Waals surface area contributed by atoms with Gasteiger partial charge in [0.25, 0.3) is 0 Å². The lowest BCUT2D eigenvalue weighted by Gasteiger charge is -2.02. The molecule has 0 unspecified atom stereocenters. The van der Waals surface area contributed by atoms with Crippen LogP contribution in [0, 0.1) is 6.92 Å². The summed E-state index contributed by atoms with van der Waals surface area (Å²) in [7, 11) is 0. The molecule has 0 aliphatic carbocycles. The second-order valence-corrected chi connectivity index (χ2v) is 5.65. The maximum atomic E-state index is 11.9. The van der Waals surface area contributed by atoms with Crippen LogP contribution in [0.15, 0.2) is 60.8 Å². The molecule has 23 heavy (non-hydrogen) atoms. The van der Waals surface area contributed by atoms with Gasteiger partial charge in [-0.15, -0.1) is 0 Å². The molecule has 0 aliphatic rings. The van der Waals surface area contributed by atoms with Gasteiger partial charge in [-0.3, -0.25) is 4.79 Å². The van der Waals surface area contributed by atoms with Crippen molar-refractivity contribution in [2.45, 2.75) is 13.3 Å². The van der Waals surface area contributed by atoms with E-state index < -0.39 is 0 Å². The van der Waals surface area contributed by atoms with Gasteiger partial charge >= 0.3 is 0 Å². The number of fused-ring (bicyclic) bond motifs is 1. The number of carbonyl (C=O) groups is 1. The molecule has 1 amide bonds. The molecule has 3 rings (SSSR count). The van der Waals surface area contributed by atoms with Crippen LogP contribution in [0.1, 0.15) is 16.7 Å². The zero-order chi connectivity index (χ0) is 16.1. The van der Waals surface area contributed by atoms with E-state index in [0.29, 0.717) is 6.54 Å². The van der Waals surface area contributed by atoms with Crippen molar-refractivity contribution in [3.63, 3.8) is 0 Å². The largest absolute Gasteiger partial charge is 0.361 e. The predicted octanol–water partition coefficient (Wildman–Crippen LogP) is 3.85. The summed E-state index contributed by atoms with van der Waals surface area (Å²) >= 11 is 0. The van der Waals surface area contributed by atoms with Gasteiger partial charge in [0.1, 0.15) is 0 Å². The first-order chi connectivity index (χ1) is 11.2. The van der Waals surface area contributed by atoms with Crippen LogP contribution in [0.4, 0.5) is 0 Å². The average molecular weight is 304 g/mol. The lowest BCUT2D eigenvalue weighted by molar-refractivity contribution is -0.116. The molecule has 0 saturated heterocycles. The van der Waals surface area contributed by atoms with Crippen LogP contribution >= 0.6 is 0 Å². The first kappa shape index (κ1) is 15.1. The van der Waals surface area contributed by atoms with Crippen molar-refractivity contribution in [1.29, 1.82) is 0 Å². The zero-order valence-electron chi connectivity index (χ0n) is 13.2. The van der Waals surface area contributed by atoms with Crippen molar-refractivity contribution in [2.24, 2.45) is 0 Å². The van der Waals surface area contributed by atoms with Crippen molar-refractivity contribution >= 4 is 22.9 Å². The molecule has 116 valence electrons. The lowest BCUT2D eigenvalue weighted by Crippen LogP contribution is -2.23. The zero-order valence-corrected chi connectivity index (χ0v) is 13.2. The van der Waals surface area contributed by atoms with Crippen LogP contribution in [0.3, 0.4) is 0 Å². The number of aromatic nitrogens is 1. The molecular weight excluding hydrogens is 284 g/mol. The Morgan fingerprint density at radius 3 is 2.91 bits per heavy atom. The highest BCUT2D eigenvalue weighted by Gasteiger charge is 2.03. The Balaban J connectivity index is 1.53. The van der Waals surface area contributed by atoms with Gasteiger partial charge in [0.15, 0.2) is 0 Å². The van der Waals surface area contributed by atoms with E-state index in [9.17, 15) is 4.79 Å². The van der Waals surface area contributed by atoms with Gasteiger partial charge in [-0.25, -0.2) is 0 Å². The van der Waals surface area contributed by atoms with Gasteiger partial charge in [-0.05, 0) is 36.6 Å². The molecular formula is C20H20N2O. The Morgan fingerprint density at radius 1 is 1.17 bits per heavy atom. The average Bonchev–Trinajstić information content (AvgIpc) is 2.97. The van der Waals surface area contributed by atoms with Crippen molar-refractivity contribution < 1.29 is 4.79 Å². The minimum Gasteiger partial charge on any atom is -0.361 e. The van der Waals surface area contributed by atoms with E-state index >= 15 is 0 Å². The fourth-order valence-electron chi connectivity index (χ4n) is 2.66. The molecule has 0 radical (unpaired) electrons. The van der Waals surface area contributed by atoms with Gasteiger partial charge in [-0.2, -0.15) is 0 Å². The van der Waals surface area contributed by atoms with Crippen molar-refractivity contribution in [3.05, 3.63) is 77.5 Å². The number of para-hydroxylation sites is 1. The van der Waals surface area contributed by atoms with Crippen molar-refractivity contribution in [3.8, 4) is 0 Å². The number of aromatic amines is 1. The van der Waals surface area contributed by atoms with Gasteiger partial charge in [-0.1, -0.05) is 48.0 Å². The standard InChI is InChI=1S/C20H20N2O/c1-15-5-4-6-16(13-15)9-10-20(23)21-12-11-17-14-22-19-8-3-2-7-18(17)19/h2-10,13-14,22H,11-12H2,1H3,(H,21,23)/b10-9+. The van der Waals surface area contributed by atoms with Gasteiger partial charge in [0, 0.05) is 29.7 Å². The molecule has 1 aromatic heterocycles. The second-order valence-electron chi connectivity index (χ2n) is 5.65. The third-order valence-corrected chi connectivity index (χ3v) is 3.84. The maximum Gasteiger partial charge on any atom is 0.244 e. The number of rotatable bonds is 5. The van der Waals surface area contributed by atoms with E-state index in [1.54, 1.807) is 6.08 Å². The van der Waals surface area contributed by atoms with E-state index in [4.69, 9.17) is 0 Å². The van der Waals surface area contributed by atoms with Gasteiger partial charge in [0.05, 0.1) is 0 Å². The fourth-order valence-corrected chi connectivity index (χ4v) is 2.66. The summed E-state index contributed by atoms with van der Waals surface area (Å²) < 4.78 is 0. The number of benzene rings is 2. The molecule has 0 atom stereocenters. The first-order valence-electron chi connectivity index (χ1n) is 7.80. The van der Waals surface area contributed by atoms with Crippen molar-refractivity contribution in [2.75, 3.05) is 6.54 Å². The number of hydrogen-bond donors (Lipinski definition) is 2. The Bertz CT molecular complexity index is 845. The molecule has 3 heteroatoms. The molecule has 0 fully saturated rings. The van der Waals surface area contributed by atoms with Crippen LogP contribution in [0.25, 0.3) is 17.0 Å². The smallest absolute Gasteiger partial charge is 0.244 e. The predicted molar refractivity (Wildman–Crippen MR) is 95.2 cm³/mol. The Kier molecular flexibility index (Phi) is 4.57. The highest BCUT2D eigenvalue weighted by Crippen LogP contribution is 2.17. The summed E-state index contributed by atoms with van der Waals surface area (Å²) in [5, 5.41) is 4.15. The highest BCUT2D eigenvalue weighted by molar-refractivity contribution is 5.91. The molecule has 3 aromatic rings. The number of hydrogen-bond acceptors (Lipinski definition) is 1. The van der Waals surface area contributed by atoms with Gasteiger partial charge in [0.2, 0.25) is 5.91 Å². The third kappa shape index (κ3) is 3.89. The molecule has 0 aliphatic heterocycles. The summed E-state index contributed by atoms with van der Waals surface area (Å²) in [6.45, 7) is 2.66. The molecule has 0 saturated carbocycles. The molecule has 3 nitrogen and oxygen atoms in total. The third-order valence-electron chi connectivity index (χ3n) is 3.84. The molecule has 2 N–H and O–H groups in total. The molecule has 2 aromatic carbocycles. The van der Waals surface area contributed by atoms with E-state index in [1.165, 1.54) is 16.5 Å². The molecule has 0 bridgehead atoms. The number of amides is 1. The van der Waals surface area contributed by atoms with Crippen LogP contribution in [-0.4, -0.2) is 17.4 Å². The van der Waals surface area contributed by atoms with Crippen LogP contribution in [-0.2, 0) is 11.2 Å². The number of nitrogens with one attached hydrogen (secondary N) is 2. The lowest BCUT2D eigenvalue weighted by atomic mass is 10.1. The SMILES string of the molecule is Cc1cccc(/C=C/C(=O)NCCc2c[nH]c3ccccc23)c1. The normalized spacial score (nSPS) is 11.2. The summed E-state index contributed by atoms with van der Waals surface area (Å²) in [4.78, 5) is 15.1. The van der Waals surface area contributed by atoms with Crippen LogP contribution in [0.2, 0.25) is 0 Å². The maximum absolute atomic E-state index is 11.9. The molecule has 1 heterocycles. The monoisotopic (exact) mass is 304 g/mol. The summed E-state index contributed by atoms with van der Waals surface area (Å²) in [5.41, 5.74) is 4.58. The number of aryl methyl sites for hydroxylation is 1. The molecule has 0 spiro atoms. The van der Waals surface area contributed by atoms with E-state index in [1.807, 2.05) is 49.5 Å². The van der Waals surface area contributed by atoms with Crippen LogP contribution in [0.5, 0.6) is 0 Å². The first-order valence-corrected chi connectivity index (χ1v) is 7.80. The van der Waals surface area contributed by atoms with Crippen LogP contribution < -0.4 is 5.32 Å².